The number of carbonyl (C=O) groups excluding carboxylic acids is 1. The zero-order chi connectivity index (χ0) is 66.1. The minimum atomic E-state index is -1.99. The van der Waals surface area contributed by atoms with Gasteiger partial charge in [0.2, 0.25) is 5.91 Å². The van der Waals surface area contributed by atoms with Gasteiger partial charge in [-0.25, -0.2) is 0 Å². The summed E-state index contributed by atoms with van der Waals surface area (Å²) < 4.78 is 34.3. The highest BCUT2D eigenvalue weighted by Crippen LogP contribution is 2.33. The monoisotopic (exact) mass is 1290 g/mol. The van der Waals surface area contributed by atoms with Gasteiger partial charge in [-0.1, -0.05) is 219 Å². The summed E-state index contributed by atoms with van der Waals surface area (Å²) in [6.45, 7) is 1.56. The third kappa shape index (κ3) is 34.4. The molecule has 0 spiro atoms. The summed E-state index contributed by atoms with van der Waals surface area (Å²) in [6, 6.07) is -0.992. The molecule has 520 valence electrons. The van der Waals surface area contributed by atoms with Gasteiger partial charge in [-0.05, 0) is 89.9 Å². The van der Waals surface area contributed by atoms with E-state index in [1.807, 2.05) is 6.08 Å². The molecule has 0 aliphatic carbocycles. The van der Waals surface area contributed by atoms with E-state index < -0.39 is 124 Å². The van der Waals surface area contributed by atoms with Gasteiger partial charge >= 0.3 is 0 Å². The first kappa shape index (κ1) is 81.4. The van der Waals surface area contributed by atoms with Crippen LogP contribution in [0.3, 0.4) is 0 Å². The lowest BCUT2D eigenvalue weighted by Gasteiger charge is -2.48. The lowest BCUT2D eigenvalue weighted by molar-refractivity contribution is -0.379. The molecular formula is C72H119NO18. The number of aliphatic hydroxyl groups is 11. The molecule has 0 aromatic carbocycles. The lowest BCUT2D eigenvalue weighted by Crippen LogP contribution is -2.66. The SMILES string of the molecule is CC/C=C\C/C=C\C/C=C\C/C=C\C/C=C\C/C=C\C/C=C\C/C=C\C/C=C\CCCCCCCC(=O)NC(COC1OC(CO)C(OC2OC(CO)C(OC3OC(CO)C(O)C(O)C3O)C(O)C2O)C(O)C1O)C(O)/C=C/CCCCCCCCCCCCC. The number of amides is 1. The Labute approximate surface area is 544 Å². The maximum absolute atomic E-state index is 13.4. The number of ether oxygens (including phenoxy) is 6. The summed E-state index contributed by atoms with van der Waals surface area (Å²) in [6.07, 6.45) is 44.6. The summed E-state index contributed by atoms with van der Waals surface area (Å²) >= 11 is 0. The van der Waals surface area contributed by atoms with E-state index in [-0.39, 0.29) is 18.9 Å². The number of aliphatic hydroxyl groups excluding tert-OH is 11. The van der Waals surface area contributed by atoms with Crippen molar-refractivity contribution in [2.45, 2.75) is 298 Å². The lowest BCUT2D eigenvalue weighted by atomic mass is 9.96. The smallest absolute Gasteiger partial charge is 0.220 e. The number of unbranched alkanes of at least 4 members (excludes halogenated alkanes) is 16. The molecule has 3 aliphatic heterocycles. The first-order valence-corrected chi connectivity index (χ1v) is 34.3. The van der Waals surface area contributed by atoms with Gasteiger partial charge in [-0.2, -0.15) is 0 Å². The molecule has 3 fully saturated rings. The molecule has 3 heterocycles. The second kappa shape index (κ2) is 52.5. The molecule has 19 heteroatoms. The van der Waals surface area contributed by atoms with E-state index in [2.05, 4.69) is 129 Å². The van der Waals surface area contributed by atoms with E-state index in [1.54, 1.807) is 6.08 Å². The van der Waals surface area contributed by atoms with E-state index in [9.17, 15) is 61.0 Å². The third-order valence-corrected chi connectivity index (χ3v) is 16.3. The molecule has 3 rings (SSSR count). The molecule has 0 saturated carbocycles. The van der Waals surface area contributed by atoms with Crippen molar-refractivity contribution in [1.29, 1.82) is 0 Å². The fraction of sp³-hybridized carbons (Fsp3) is 0.708. The van der Waals surface area contributed by atoms with Gasteiger partial charge in [0.05, 0.1) is 38.6 Å². The van der Waals surface area contributed by atoms with Crippen molar-refractivity contribution in [3.05, 3.63) is 122 Å². The van der Waals surface area contributed by atoms with Gasteiger partial charge in [0, 0.05) is 6.42 Å². The first-order valence-electron chi connectivity index (χ1n) is 34.3. The van der Waals surface area contributed by atoms with Crippen LogP contribution in [0.5, 0.6) is 0 Å². The van der Waals surface area contributed by atoms with Crippen molar-refractivity contribution < 1.29 is 89.4 Å². The minimum Gasteiger partial charge on any atom is -0.394 e. The Hall–Kier alpha value is -3.81. The Morgan fingerprint density at radius 2 is 0.758 bits per heavy atom. The fourth-order valence-corrected chi connectivity index (χ4v) is 10.7. The van der Waals surface area contributed by atoms with Crippen LogP contribution in [0.15, 0.2) is 122 Å². The van der Waals surface area contributed by atoms with Gasteiger partial charge in [0.25, 0.3) is 0 Å². The number of nitrogens with one attached hydrogen (secondary N) is 1. The average molecular weight is 1290 g/mol. The second-order valence-corrected chi connectivity index (χ2v) is 23.9. The van der Waals surface area contributed by atoms with Crippen LogP contribution >= 0.6 is 0 Å². The van der Waals surface area contributed by atoms with E-state index in [1.165, 1.54) is 51.4 Å². The van der Waals surface area contributed by atoms with Crippen LogP contribution in [-0.2, 0) is 33.2 Å². The van der Waals surface area contributed by atoms with Crippen molar-refractivity contribution in [1.82, 2.24) is 5.32 Å². The highest BCUT2D eigenvalue weighted by Gasteiger charge is 2.53. The quantitative estimate of drug-likeness (QED) is 0.0200. The summed E-state index contributed by atoms with van der Waals surface area (Å²) in [5.41, 5.74) is 0. The van der Waals surface area contributed by atoms with Crippen molar-refractivity contribution in [2.75, 3.05) is 26.4 Å². The van der Waals surface area contributed by atoms with Crippen LogP contribution in [0.25, 0.3) is 0 Å². The Bertz CT molecular complexity index is 2120. The molecule has 17 atom stereocenters. The standard InChI is InChI=1S/C72H119NO18/c1-3-5-7-9-11-13-15-17-18-19-20-21-22-23-24-25-26-27-28-29-30-31-32-33-34-35-36-38-40-42-44-46-48-50-60(78)73-55(56(77)49-47-45-43-41-39-37-16-14-12-10-8-6-4-2)54-86-70-66(84)63(81)68(58(52-75)88-70)91-72-67(85)64(82)69(59(53-76)89-72)90-71-65(83)62(80)61(79)57(51-74)87-71/h5,7,11,13,17-18,20-21,23-24,26-27,29-30,32-33,35-36,47,49,55-59,61-72,74-77,79-85H,3-4,6,8-10,12,14-16,19,22,25,28,31,34,37-46,48,50-54H2,1-2H3,(H,73,78)/b7-5-,13-11-,18-17-,21-20-,24-23-,27-26-,30-29-,33-32-,36-35-,49-47+. The molecular weight excluding hydrogens is 1170 g/mol. The van der Waals surface area contributed by atoms with Gasteiger partial charge in [-0.15, -0.1) is 0 Å². The number of rotatable bonds is 50. The maximum atomic E-state index is 13.4. The van der Waals surface area contributed by atoms with Gasteiger partial charge in [0.1, 0.15) is 73.2 Å². The number of hydrogen-bond acceptors (Lipinski definition) is 18. The van der Waals surface area contributed by atoms with Crippen LogP contribution in [-0.4, -0.2) is 193 Å². The molecule has 19 nitrogen and oxygen atoms in total. The zero-order valence-corrected chi connectivity index (χ0v) is 54.8. The van der Waals surface area contributed by atoms with Gasteiger partial charge in [-0.3, -0.25) is 4.79 Å². The molecule has 0 aromatic heterocycles. The summed E-state index contributed by atoms with van der Waals surface area (Å²) in [5, 5.41) is 120. The van der Waals surface area contributed by atoms with E-state index in [0.717, 1.165) is 116 Å². The van der Waals surface area contributed by atoms with Crippen LogP contribution in [0.4, 0.5) is 0 Å². The molecule has 3 aliphatic rings. The van der Waals surface area contributed by atoms with E-state index in [4.69, 9.17) is 28.4 Å². The molecule has 12 N–H and O–H groups in total. The highest BCUT2D eigenvalue weighted by molar-refractivity contribution is 5.76. The fourth-order valence-electron chi connectivity index (χ4n) is 10.7. The van der Waals surface area contributed by atoms with Crippen molar-refractivity contribution in [3.8, 4) is 0 Å². The Balaban J connectivity index is 1.41. The third-order valence-electron chi connectivity index (χ3n) is 16.3. The summed E-state index contributed by atoms with van der Waals surface area (Å²) in [4.78, 5) is 13.4. The topological polar surface area (TPSA) is 307 Å². The maximum Gasteiger partial charge on any atom is 0.220 e. The predicted octanol–water partition coefficient (Wildman–Crippen LogP) is 8.82. The minimum absolute atomic E-state index is 0.212. The predicted molar refractivity (Wildman–Crippen MR) is 355 cm³/mol. The molecule has 3 saturated heterocycles. The van der Waals surface area contributed by atoms with E-state index in [0.29, 0.717) is 6.42 Å². The number of hydrogen-bond donors (Lipinski definition) is 12. The van der Waals surface area contributed by atoms with Gasteiger partial charge < -0.3 is 89.9 Å². The summed E-state index contributed by atoms with van der Waals surface area (Å²) in [7, 11) is 0. The van der Waals surface area contributed by atoms with Crippen molar-refractivity contribution in [3.63, 3.8) is 0 Å². The van der Waals surface area contributed by atoms with E-state index >= 15 is 0 Å². The van der Waals surface area contributed by atoms with Crippen molar-refractivity contribution in [2.24, 2.45) is 0 Å². The normalized spacial score (nSPS) is 28.6. The molecule has 1 amide bonds. The van der Waals surface area contributed by atoms with Crippen molar-refractivity contribution >= 4 is 5.91 Å². The van der Waals surface area contributed by atoms with Crippen LogP contribution in [0, 0.1) is 0 Å². The molecule has 91 heavy (non-hydrogen) atoms. The summed E-state index contributed by atoms with van der Waals surface area (Å²) in [5.74, 6) is -0.301. The molecule has 0 radical (unpaired) electrons. The van der Waals surface area contributed by atoms with Crippen LogP contribution < -0.4 is 5.32 Å². The van der Waals surface area contributed by atoms with Gasteiger partial charge in [0.15, 0.2) is 18.9 Å². The average Bonchev–Trinajstić information content (AvgIpc) is 0.871. The Kier molecular flexibility index (Phi) is 46.9. The molecule has 17 unspecified atom stereocenters. The van der Waals surface area contributed by atoms with Crippen LogP contribution in [0.1, 0.15) is 194 Å². The Morgan fingerprint density at radius 3 is 1.19 bits per heavy atom. The first-order chi connectivity index (χ1) is 44.3. The molecule has 0 bridgehead atoms. The zero-order valence-electron chi connectivity index (χ0n) is 54.8. The van der Waals surface area contributed by atoms with Crippen LogP contribution in [0.2, 0.25) is 0 Å². The highest BCUT2D eigenvalue weighted by atomic mass is 16.8. The second-order valence-electron chi connectivity index (χ2n) is 23.9. The number of allylic oxidation sites excluding steroid dienone is 19. The number of carbonyl (C=O) groups is 1. The molecule has 0 aromatic rings. The largest absolute Gasteiger partial charge is 0.394 e. The Morgan fingerprint density at radius 1 is 0.407 bits per heavy atom.